The van der Waals surface area contributed by atoms with Crippen molar-refractivity contribution in [3.63, 3.8) is 0 Å². The number of carbonyl (C=O) groups excluding carboxylic acids is 2. The largest absolute Gasteiger partial charge is 0.494 e. The Bertz CT molecular complexity index is 947. The summed E-state index contributed by atoms with van der Waals surface area (Å²) in [6, 6.07) is 13.3. The maximum Gasteiger partial charge on any atom is 0.272 e. The Balaban J connectivity index is 1.57. The summed E-state index contributed by atoms with van der Waals surface area (Å²) >= 11 is 0. The van der Waals surface area contributed by atoms with Gasteiger partial charge in [0.1, 0.15) is 11.8 Å². The number of nitrogens with zero attached hydrogens (tertiary/aromatic N) is 3. The number of benzene rings is 2. The van der Waals surface area contributed by atoms with Crippen molar-refractivity contribution >= 4 is 17.5 Å². The number of likely N-dealkylation sites (tertiary alicyclic amines) is 1. The molecule has 0 spiro atoms. The van der Waals surface area contributed by atoms with E-state index in [1.165, 1.54) is 18.2 Å². The predicted octanol–water partition coefficient (Wildman–Crippen LogP) is 3.44. The molecular weight excluding hydrogens is 398 g/mol. The van der Waals surface area contributed by atoms with Gasteiger partial charge < -0.3 is 14.5 Å². The van der Waals surface area contributed by atoms with Gasteiger partial charge in [0.2, 0.25) is 5.91 Å². The number of amides is 2. The second-order valence-corrected chi connectivity index (χ2v) is 7.69. The number of hydrogen-bond donors (Lipinski definition) is 0. The van der Waals surface area contributed by atoms with E-state index in [1.54, 1.807) is 23.8 Å². The minimum absolute atomic E-state index is 0.0250. The molecule has 0 aliphatic carbocycles. The molecular formula is C23H27N3O5. The molecule has 0 bridgehead atoms. The third kappa shape index (κ3) is 5.39. The first kappa shape index (κ1) is 22.3. The SMILES string of the molecule is Cc1cc(C(=O)N2CCCC2C(=O)N(C)CCCOc2ccccc2)ccc1[N+](=O)[O-]. The summed E-state index contributed by atoms with van der Waals surface area (Å²) < 4.78 is 5.67. The van der Waals surface area contributed by atoms with E-state index in [2.05, 4.69) is 0 Å². The molecule has 1 atom stereocenters. The monoisotopic (exact) mass is 425 g/mol. The number of aryl methyl sites for hydroxylation is 1. The van der Waals surface area contributed by atoms with E-state index in [1.807, 2.05) is 30.3 Å². The van der Waals surface area contributed by atoms with Gasteiger partial charge >= 0.3 is 0 Å². The van der Waals surface area contributed by atoms with Crippen molar-refractivity contribution < 1.29 is 19.2 Å². The normalized spacial score (nSPS) is 15.5. The summed E-state index contributed by atoms with van der Waals surface area (Å²) in [6.45, 7) is 3.13. The van der Waals surface area contributed by atoms with E-state index in [0.717, 1.165) is 12.2 Å². The summed E-state index contributed by atoms with van der Waals surface area (Å²) in [4.78, 5) is 39.7. The summed E-state index contributed by atoms with van der Waals surface area (Å²) in [7, 11) is 1.74. The molecule has 164 valence electrons. The van der Waals surface area contributed by atoms with E-state index in [0.29, 0.717) is 43.7 Å². The third-order valence-corrected chi connectivity index (χ3v) is 5.47. The third-order valence-electron chi connectivity index (χ3n) is 5.47. The van der Waals surface area contributed by atoms with Crippen molar-refractivity contribution in [3.8, 4) is 5.75 Å². The summed E-state index contributed by atoms with van der Waals surface area (Å²) in [5.41, 5.74) is 0.762. The van der Waals surface area contributed by atoms with Crippen LogP contribution in [0.3, 0.4) is 0 Å². The van der Waals surface area contributed by atoms with Crippen LogP contribution in [0.1, 0.15) is 35.2 Å². The summed E-state index contributed by atoms with van der Waals surface area (Å²) in [5.74, 6) is 0.432. The maximum absolute atomic E-state index is 13.0. The number of rotatable bonds is 8. The van der Waals surface area contributed by atoms with Crippen molar-refractivity contribution in [2.45, 2.75) is 32.2 Å². The average molecular weight is 425 g/mol. The lowest BCUT2D eigenvalue weighted by molar-refractivity contribution is -0.385. The number of likely N-dealkylation sites (N-methyl/N-ethyl adjacent to an activating group) is 1. The van der Waals surface area contributed by atoms with Crippen LogP contribution >= 0.6 is 0 Å². The molecule has 2 aromatic rings. The van der Waals surface area contributed by atoms with E-state index >= 15 is 0 Å². The lowest BCUT2D eigenvalue weighted by Gasteiger charge is -2.28. The van der Waals surface area contributed by atoms with Crippen molar-refractivity contribution in [1.29, 1.82) is 0 Å². The number of nitro groups is 1. The highest BCUT2D eigenvalue weighted by molar-refractivity contribution is 5.98. The standard InChI is InChI=1S/C23H27N3O5/c1-17-16-18(11-12-20(17)26(29)30)22(27)25-14-6-10-21(25)23(28)24(2)13-7-15-31-19-8-4-3-5-9-19/h3-5,8-9,11-12,16,21H,6-7,10,13-15H2,1-2H3. The molecule has 8 nitrogen and oxygen atoms in total. The molecule has 2 aromatic carbocycles. The minimum atomic E-state index is -0.511. The Hall–Kier alpha value is -3.42. The average Bonchev–Trinajstić information content (AvgIpc) is 3.25. The Morgan fingerprint density at radius 3 is 2.65 bits per heavy atom. The molecule has 8 heteroatoms. The second kappa shape index (κ2) is 10.1. The number of hydrogen-bond acceptors (Lipinski definition) is 5. The molecule has 1 heterocycles. The molecule has 3 rings (SSSR count). The Morgan fingerprint density at radius 2 is 1.97 bits per heavy atom. The summed E-state index contributed by atoms with van der Waals surface area (Å²) in [6.07, 6.45) is 2.04. The molecule has 1 aliphatic rings. The lowest BCUT2D eigenvalue weighted by atomic mass is 10.1. The molecule has 0 N–H and O–H groups in total. The zero-order valence-corrected chi connectivity index (χ0v) is 17.8. The van der Waals surface area contributed by atoms with Gasteiger partial charge in [0.25, 0.3) is 11.6 Å². The molecule has 31 heavy (non-hydrogen) atoms. The highest BCUT2D eigenvalue weighted by Crippen LogP contribution is 2.24. The minimum Gasteiger partial charge on any atom is -0.494 e. The zero-order chi connectivity index (χ0) is 22.4. The van der Waals surface area contributed by atoms with Crippen LogP contribution < -0.4 is 4.74 Å². The summed E-state index contributed by atoms with van der Waals surface area (Å²) in [5, 5.41) is 11.0. The first-order valence-corrected chi connectivity index (χ1v) is 10.4. The van der Waals surface area contributed by atoms with Crippen LogP contribution in [0.4, 0.5) is 5.69 Å². The first-order valence-electron chi connectivity index (χ1n) is 10.4. The van der Waals surface area contributed by atoms with Crippen LogP contribution in [-0.2, 0) is 4.79 Å². The smallest absolute Gasteiger partial charge is 0.272 e. The highest BCUT2D eigenvalue weighted by atomic mass is 16.6. The Morgan fingerprint density at radius 1 is 1.23 bits per heavy atom. The van der Waals surface area contributed by atoms with Crippen LogP contribution in [0.2, 0.25) is 0 Å². The molecule has 0 radical (unpaired) electrons. The highest BCUT2D eigenvalue weighted by Gasteiger charge is 2.36. The van der Waals surface area contributed by atoms with Gasteiger partial charge in [0.05, 0.1) is 11.5 Å². The lowest BCUT2D eigenvalue weighted by Crippen LogP contribution is -2.47. The molecule has 1 unspecified atom stereocenters. The van der Waals surface area contributed by atoms with Crippen LogP contribution in [0, 0.1) is 17.0 Å². The fraction of sp³-hybridized carbons (Fsp3) is 0.391. The van der Waals surface area contributed by atoms with Crippen LogP contribution in [0.5, 0.6) is 5.75 Å². The second-order valence-electron chi connectivity index (χ2n) is 7.69. The topological polar surface area (TPSA) is 93.0 Å². The molecule has 1 aliphatic heterocycles. The van der Waals surface area contributed by atoms with Gasteiger partial charge in [0.15, 0.2) is 0 Å². The van der Waals surface area contributed by atoms with E-state index in [9.17, 15) is 19.7 Å². The fourth-order valence-electron chi connectivity index (χ4n) is 3.80. The maximum atomic E-state index is 13.0. The Kier molecular flexibility index (Phi) is 7.23. The van der Waals surface area contributed by atoms with Crippen LogP contribution in [0.15, 0.2) is 48.5 Å². The van der Waals surface area contributed by atoms with Gasteiger partial charge in [-0.1, -0.05) is 18.2 Å². The van der Waals surface area contributed by atoms with Gasteiger partial charge in [-0.15, -0.1) is 0 Å². The van der Waals surface area contributed by atoms with Crippen LogP contribution in [-0.4, -0.2) is 59.3 Å². The number of ether oxygens (including phenoxy) is 1. The van der Waals surface area contributed by atoms with E-state index in [-0.39, 0.29) is 17.5 Å². The van der Waals surface area contributed by atoms with Crippen LogP contribution in [0.25, 0.3) is 0 Å². The van der Waals surface area contributed by atoms with Crippen molar-refractivity contribution in [1.82, 2.24) is 9.80 Å². The number of para-hydroxylation sites is 1. The van der Waals surface area contributed by atoms with Gasteiger partial charge in [0, 0.05) is 37.3 Å². The van der Waals surface area contributed by atoms with Gasteiger partial charge in [-0.05, 0) is 50.5 Å². The Labute approximate surface area is 181 Å². The van der Waals surface area contributed by atoms with E-state index < -0.39 is 11.0 Å². The van der Waals surface area contributed by atoms with Crippen molar-refractivity contribution in [2.75, 3.05) is 26.7 Å². The van der Waals surface area contributed by atoms with Crippen molar-refractivity contribution in [3.05, 3.63) is 69.8 Å². The molecule has 1 saturated heterocycles. The fourth-order valence-corrected chi connectivity index (χ4v) is 3.80. The predicted molar refractivity (Wildman–Crippen MR) is 116 cm³/mol. The molecule has 1 fully saturated rings. The molecule has 0 aromatic heterocycles. The zero-order valence-electron chi connectivity index (χ0n) is 17.8. The first-order chi connectivity index (χ1) is 14.9. The molecule has 0 saturated carbocycles. The quantitative estimate of drug-likeness (QED) is 0.367. The van der Waals surface area contributed by atoms with Gasteiger partial charge in [-0.25, -0.2) is 0 Å². The number of carbonyl (C=O) groups is 2. The van der Waals surface area contributed by atoms with E-state index in [4.69, 9.17) is 4.74 Å². The number of nitro benzene ring substituents is 1. The van der Waals surface area contributed by atoms with Crippen molar-refractivity contribution in [2.24, 2.45) is 0 Å². The molecule has 2 amide bonds. The van der Waals surface area contributed by atoms with Gasteiger partial charge in [-0.2, -0.15) is 0 Å². The van der Waals surface area contributed by atoms with Gasteiger partial charge in [-0.3, -0.25) is 19.7 Å².